The van der Waals surface area contributed by atoms with E-state index in [0.29, 0.717) is 40.1 Å². The number of aromatic nitrogens is 1. The van der Waals surface area contributed by atoms with Crippen LogP contribution in [0, 0.1) is 5.92 Å². The van der Waals surface area contributed by atoms with Gasteiger partial charge in [-0.2, -0.15) is 0 Å². The van der Waals surface area contributed by atoms with Crippen LogP contribution in [0.4, 0.5) is 11.4 Å². The summed E-state index contributed by atoms with van der Waals surface area (Å²) >= 11 is 6.18. The fourth-order valence-corrected chi connectivity index (χ4v) is 2.38. The molecule has 1 aromatic heterocycles. The van der Waals surface area contributed by atoms with Crippen molar-refractivity contribution < 1.29 is 14.3 Å². The van der Waals surface area contributed by atoms with Crippen LogP contribution in [0.25, 0.3) is 0 Å². The van der Waals surface area contributed by atoms with E-state index in [1.54, 1.807) is 30.3 Å². The first kappa shape index (κ1) is 19.7. The zero-order valence-corrected chi connectivity index (χ0v) is 15.8. The first-order valence-electron chi connectivity index (χ1n) is 8.30. The van der Waals surface area contributed by atoms with Crippen molar-refractivity contribution in [2.75, 3.05) is 19.0 Å². The minimum Gasteiger partial charge on any atom is -0.465 e. The number of carbonyl (C=O) groups excluding carboxylic acids is 2. The summed E-state index contributed by atoms with van der Waals surface area (Å²) in [5.74, 6) is -0.172. The van der Waals surface area contributed by atoms with Crippen molar-refractivity contribution in [2.24, 2.45) is 5.92 Å². The number of esters is 1. The van der Waals surface area contributed by atoms with Gasteiger partial charge in [0.15, 0.2) is 0 Å². The summed E-state index contributed by atoms with van der Waals surface area (Å²) in [5.41, 5.74) is 1.85. The number of ether oxygens (including phenoxy) is 1. The highest BCUT2D eigenvalue weighted by atomic mass is 35.5. The number of nitrogens with zero attached hydrogens (tertiary/aromatic N) is 1. The van der Waals surface area contributed by atoms with E-state index in [1.807, 2.05) is 0 Å². The lowest BCUT2D eigenvalue weighted by atomic mass is 10.1. The van der Waals surface area contributed by atoms with Gasteiger partial charge in [-0.25, -0.2) is 4.79 Å². The lowest BCUT2D eigenvalue weighted by Gasteiger charge is -2.11. The van der Waals surface area contributed by atoms with Gasteiger partial charge in [0, 0.05) is 18.4 Å². The highest BCUT2D eigenvalue weighted by Gasteiger charge is 2.11. The molecule has 0 aliphatic carbocycles. The van der Waals surface area contributed by atoms with E-state index in [-0.39, 0.29) is 5.91 Å². The molecule has 26 heavy (non-hydrogen) atoms. The number of halogens is 1. The summed E-state index contributed by atoms with van der Waals surface area (Å²) in [7, 11) is 1.32. The zero-order chi connectivity index (χ0) is 19.1. The average Bonchev–Trinajstić information content (AvgIpc) is 2.62. The molecular weight excluding hydrogens is 354 g/mol. The standard InChI is InChI=1S/C19H22ClN3O3/c1-12(2)6-8-22-18(24)17-11-14(7-9-21-17)23-16-10-13(19(25)26-3)4-5-15(16)20/h4-5,7,9-12H,6,8H2,1-3H3,(H,21,23)(H,22,24). The van der Waals surface area contributed by atoms with E-state index in [1.165, 1.54) is 13.3 Å². The quantitative estimate of drug-likeness (QED) is 0.714. The van der Waals surface area contributed by atoms with Crippen LogP contribution >= 0.6 is 11.6 Å². The predicted molar refractivity (Wildman–Crippen MR) is 102 cm³/mol. The topological polar surface area (TPSA) is 80.3 Å². The van der Waals surface area contributed by atoms with Crippen molar-refractivity contribution in [1.29, 1.82) is 0 Å². The van der Waals surface area contributed by atoms with Crippen LogP contribution in [-0.4, -0.2) is 30.5 Å². The summed E-state index contributed by atoms with van der Waals surface area (Å²) in [4.78, 5) is 28.0. The van der Waals surface area contributed by atoms with Gasteiger partial charge in [0.2, 0.25) is 0 Å². The second-order valence-electron chi connectivity index (χ2n) is 6.18. The lowest BCUT2D eigenvalue weighted by molar-refractivity contribution is 0.0600. The van der Waals surface area contributed by atoms with Crippen molar-refractivity contribution >= 4 is 34.9 Å². The minimum absolute atomic E-state index is 0.233. The Morgan fingerprint density at radius 1 is 1.23 bits per heavy atom. The van der Waals surface area contributed by atoms with Crippen LogP contribution in [0.5, 0.6) is 0 Å². The maximum atomic E-state index is 12.2. The molecule has 0 atom stereocenters. The lowest BCUT2D eigenvalue weighted by Crippen LogP contribution is -2.26. The minimum atomic E-state index is -0.454. The molecule has 0 aliphatic heterocycles. The molecule has 2 aromatic rings. The number of methoxy groups -OCH3 is 1. The number of anilines is 2. The van der Waals surface area contributed by atoms with Gasteiger partial charge in [-0.15, -0.1) is 0 Å². The van der Waals surface area contributed by atoms with Gasteiger partial charge >= 0.3 is 5.97 Å². The molecule has 7 heteroatoms. The molecule has 1 aromatic carbocycles. The van der Waals surface area contributed by atoms with Gasteiger partial charge in [0.05, 0.1) is 23.4 Å². The molecule has 1 heterocycles. The number of benzene rings is 1. The van der Waals surface area contributed by atoms with Crippen LogP contribution < -0.4 is 10.6 Å². The van der Waals surface area contributed by atoms with E-state index in [2.05, 4.69) is 29.5 Å². The first-order chi connectivity index (χ1) is 12.4. The number of amides is 1. The van der Waals surface area contributed by atoms with Crippen molar-refractivity contribution in [1.82, 2.24) is 10.3 Å². The summed E-state index contributed by atoms with van der Waals surface area (Å²) in [6.07, 6.45) is 2.44. The van der Waals surface area contributed by atoms with Gasteiger partial charge in [0.1, 0.15) is 5.69 Å². The Morgan fingerprint density at radius 2 is 2.00 bits per heavy atom. The van der Waals surface area contributed by atoms with Gasteiger partial charge in [-0.05, 0) is 42.7 Å². The molecule has 0 aliphatic rings. The molecule has 0 unspecified atom stereocenters. The third-order valence-corrected chi connectivity index (χ3v) is 4.00. The van der Waals surface area contributed by atoms with Crippen LogP contribution in [0.3, 0.4) is 0 Å². The molecule has 138 valence electrons. The molecule has 0 bridgehead atoms. The number of hydrogen-bond donors (Lipinski definition) is 2. The summed E-state index contributed by atoms with van der Waals surface area (Å²) in [6, 6.07) is 8.13. The molecule has 1 amide bonds. The van der Waals surface area contributed by atoms with E-state index in [9.17, 15) is 9.59 Å². The first-order valence-corrected chi connectivity index (χ1v) is 8.67. The highest BCUT2D eigenvalue weighted by molar-refractivity contribution is 6.33. The Bertz CT molecular complexity index is 793. The Kier molecular flexibility index (Phi) is 6.97. The molecule has 0 radical (unpaired) electrons. The second-order valence-corrected chi connectivity index (χ2v) is 6.59. The van der Waals surface area contributed by atoms with Crippen molar-refractivity contribution in [3.05, 3.63) is 52.8 Å². The van der Waals surface area contributed by atoms with Crippen molar-refractivity contribution in [3.8, 4) is 0 Å². The normalized spacial score (nSPS) is 10.5. The fraction of sp³-hybridized carbons (Fsp3) is 0.316. The number of pyridine rings is 1. The SMILES string of the molecule is COC(=O)c1ccc(Cl)c(Nc2ccnc(C(=O)NCCC(C)C)c2)c1. The molecule has 0 fully saturated rings. The molecule has 2 rings (SSSR count). The van der Waals surface area contributed by atoms with E-state index < -0.39 is 5.97 Å². The summed E-state index contributed by atoms with van der Waals surface area (Å²) < 4.78 is 4.71. The van der Waals surface area contributed by atoms with Crippen LogP contribution in [0.15, 0.2) is 36.5 Å². The number of rotatable bonds is 7. The Hall–Kier alpha value is -2.60. The second kappa shape index (κ2) is 9.20. The number of hydrogen-bond acceptors (Lipinski definition) is 5. The van der Waals surface area contributed by atoms with Gasteiger partial charge in [0.25, 0.3) is 5.91 Å². The Morgan fingerprint density at radius 3 is 2.69 bits per heavy atom. The van der Waals surface area contributed by atoms with Gasteiger partial charge in [-0.1, -0.05) is 25.4 Å². The van der Waals surface area contributed by atoms with Crippen molar-refractivity contribution in [2.45, 2.75) is 20.3 Å². The molecule has 0 saturated carbocycles. The Labute approximate surface area is 157 Å². The monoisotopic (exact) mass is 375 g/mol. The highest BCUT2D eigenvalue weighted by Crippen LogP contribution is 2.27. The maximum absolute atomic E-state index is 12.2. The van der Waals surface area contributed by atoms with E-state index >= 15 is 0 Å². The smallest absolute Gasteiger partial charge is 0.337 e. The third-order valence-electron chi connectivity index (χ3n) is 3.67. The average molecular weight is 376 g/mol. The molecule has 2 N–H and O–H groups in total. The molecule has 0 spiro atoms. The third kappa shape index (κ3) is 5.46. The van der Waals surface area contributed by atoms with Crippen LogP contribution in [0.1, 0.15) is 41.1 Å². The van der Waals surface area contributed by atoms with Crippen LogP contribution in [-0.2, 0) is 4.74 Å². The maximum Gasteiger partial charge on any atom is 0.337 e. The van der Waals surface area contributed by atoms with Crippen LogP contribution in [0.2, 0.25) is 5.02 Å². The van der Waals surface area contributed by atoms with E-state index in [4.69, 9.17) is 16.3 Å². The zero-order valence-electron chi connectivity index (χ0n) is 15.0. The number of nitrogens with one attached hydrogen (secondary N) is 2. The summed E-state index contributed by atoms with van der Waals surface area (Å²) in [6.45, 7) is 4.80. The molecule has 0 saturated heterocycles. The van der Waals surface area contributed by atoms with Gasteiger partial charge in [-0.3, -0.25) is 9.78 Å². The number of carbonyl (C=O) groups is 2. The predicted octanol–water partition coefficient (Wildman–Crippen LogP) is 4.04. The summed E-state index contributed by atoms with van der Waals surface area (Å²) in [5, 5.41) is 6.39. The Balaban J connectivity index is 2.13. The van der Waals surface area contributed by atoms with Gasteiger partial charge < -0.3 is 15.4 Å². The molecule has 6 nitrogen and oxygen atoms in total. The van der Waals surface area contributed by atoms with Crippen molar-refractivity contribution in [3.63, 3.8) is 0 Å². The largest absolute Gasteiger partial charge is 0.465 e. The molecular formula is C19H22ClN3O3. The van der Waals surface area contributed by atoms with E-state index in [0.717, 1.165) is 6.42 Å². The fourth-order valence-electron chi connectivity index (χ4n) is 2.22.